The van der Waals surface area contributed by atoms with Gasteiger partial charge in [-0.2, -0.15) is 0 Å². The molecule has 0 amide bonds. The predicted octanol–water partition coefficient (Wildman–Crippen LogP) is 11.8. The topological polar surface area (TPSA) is 8.17 Å². The highest BCUT2D eigenvalue weighted by Gasteiger charge is 2.16. The van der Waals surface area contributed by atoms with Crippen molar-refractivity contribution in [1.29, 1.82) is 0 Å². The molecule has 0 saturated heterocycles. The number of nitrogens with zero attached hydrogens (tertiary/aromatic N) is 2. The van der Waals surface area contributed by atoms with Crippen LogP contribution in [0.25, 0.3) is 72.2 Å². The van der Waals surface area contributed by atoms with Gasteiger partial charge < -0.3 is 9.47 Å². The molecule has 7 aromatic carbocycles. The number of anilines is 2. The van der Waals surface area contributed by atoms with E-state index in [1.807, 2.05) is 24.3 Å². The van der Waals surface area contributed by atoms with Crippen LogP contribution in [-0.2, 0) is 0 Å². The van der Waals surface area contributed by atoms with E-state index in [4.69, 9.17) is 0 Å². The maximum absolute atomic E-state index is 4.12. The van der Waals surface area contributed by atoms with Gasteiger partial charge in [0.25, 0.3) is 0 Å². The molecular weight excluding hydrogens is 605 g/mol. The van der Waals surface area contributed by atoms with Gasteiger partial charge in [0.1, 0.15) is 0 Å². The molecule has 0 aliphatic carbocycles. The molecule has 2 heteroatoms. The number of hydrogen-bond acceptors (Lipinski definition) is 1. The fourth-order valence-corrected chi connectivity index (χ4v) is 7.60. The Bertz CT molecular complexity index is 2720. The second kappa shape index (κ2) is 12.9. The van der Waals surface area contributed by atoms with E-state index >= 15 is 0 Å². The van der Waals surface area contributed by atoms with Gasteiger partial charge in [-0.1, -0.05) is 122 Å². The van der Waals surface area contributed by atoms with Crippen molar-refractivity contribution < 1.29 is 0 Å². The normalized spacial score (nSPS) is 12.7. The first kappa shape index (κ1) is 30.9. The number of rotatable bonds is 7. The highest BCUT2D eigenvalue weighted by atomic mass is 15.1. The Labute approximate surface area is 293 Å². The van der Waals surface area contributed by atoms with Gasteiger partial charge in [0.2, 0.25) is 0 Å². The molecule has 0 saturated carbocycles. The minimum absolute atomic E-state index is 0.962. The molecule has 240 valence electrons. The van der Waals surface area contributed by atoms with Gasteiger partial charge in [0, 0.05) is 38.7 Å². The first-order valence-electron chi connectivity index (χ1n) is 17.2. The number of benzene rings is 7. The molecule has 1 heterocycles. The summed E-state index contributed by atoms with van der Waals surface area (Å²) in [5.41, 5.74) is 7.88. The van der Waals surface area contributed by atoms with Crippen molar-refractivity contribution in [1.82, 2.24) is 4.57 Å². The minimum atomic E-state index is 0.962. The lowest BCUT2D eigenvalue weighted by atomic mass is 9.91. The molecule has 8 aromatic rings. The monoisotopic (exact) mass is 642 g/mol. The fraction of sp³-hybridized carbons (Fsp3) is 0.0417. The van der Waals surface area contributed by atoms with Crippen LogP contribution in [0.4, 0.5) is 11.4 Å². The fourth-order valence-electron chi connectivity index (χ4n) is 7.60. The summed E-state index contributed by atoms with van der Waals surface area (Å²) in [6.45, 7) is 12.3. The number of hydrogen-bond donors (Lipinski definition) is 0. The summed E-state index contributed by atoms with van der Waals surface area (Å²) >= 11 is 0. The lowest BCUT2D eigenvalue weighted by Gasteiger charge is -2.27. The highest BCUT2D eigenvalue weighted by molar-refractivity contribution is 6.26. The van der Waals surface area contributed by atoms with Crippen LogP contribution in [0.5, 0.6) is 0 Å². The molecule has 0 radical (unpaired) electrons. The smallest absolute Gasteiger partial charge is 0.0540 e. The zero-order valence-corrected chi connectivity index (χ0v) is 28.5. The molecule has 0 atom stereocenters. The van der Waals surface area contributed by atoms with Crippen molar-refractivity contribution >= 4 is 66.7 Å². The quantitative estimate of drug-likeness (QED) is 0.124. The van der Waals surface area contributed by atoms with Gasteiger partial charge in [-0.15, -0.1) is 0 Å². The van der Waals surface area contributed by atoms with Crippen molar-refractivity contribution in [2.24, 2.45) is 0 Å². The maximum Gasteiger partial charge on any atom is 0.0540 e. The summed E-state index contributed by atoms with van der Waals surface area (Å²) < 4.78 is 2.37. The van der Waals surface area contributed by atoms with Crippen molar-refractivity contribution in [3.8, 4) is 16.8 Å². The van der Waals surface area contributed by atoms with Crippen molar-refractivity contribution in [3.05, 3.63) is 187 Å². The molecule has 0 unspecified atom stereocenters. The third-order valence-electron chi connectivity index (χ3n) is 9.82. The van der Waals surface area contributed by atoms with E-state index in [0.29, 0.717) is 0 Å². The predicted molar refractivity (Wildman–Crippen MR) is 218 cm³/mol. The van der Waals surface area contributed by atoms with Gasteiger partial charge >= 0.3 is 0 Å². The molecular formula is C48H38N2. The molecule has 2 nitrogen and oxygen atoms in total. The Morgan fingerprint density at radius 1 is 0.540 bits per heavy atom. The van der Waals surface area contributed by atoms with Gasteiger partial charge in [0.05, 0.1) is 5.52 Å². The van der Waals surface area contributed by atoms with E-state index in [1.165, 1.54) is 64.9 Å². The SMILES string of the molecule is C=C/C=C(\C=C)N(c1ccccc1)c1ccc2c3ccc(-c4ccc(-n5c(=C/C)/c(=C\C)c6ccccc65)cc4)cc3c3ccccc3c2c1. The third kappa shape index (κ3) is 5.05. The summed E-state index contributed by atoms with van der Waals surface area (Å²) in [4.78, 5) is 2.24. The average Bonchev–Trinajstić information content (AvgIpc) is 3.51. The third-order valence-corrected chi connectivity index (χ3v) is 9.82. The van der Waals surface area contributed by atoms with E-state index in [9.17, 15) is 0 Å². The van der Waals surface area contributed by atoms with Crippen LogP contribution < -0.4 is 15.5 Å². The lowest BCUT2D eigenvalue weighted by molar-refractivity contribution is 1.07. The van der Waals surface area contributed by atoms with Crippen LogP contribution in [0.1, 0.15) is 13.8 Å². The number of fused-ring (bicyclic) bond motifs is 7. The number of allylic oxidation sites excluding steroid dienone is 3. The molecule has 50 heavy (non-hydrogen) atoms. The van der Waals surface area contributed by atoms with Crippen molar-refractivity contribution in [2.45, 2.75) is 13.8 Å². The Balaban J connectivity index is 1.27. The largest absolute Gasteiger partial charge is 0.311 e. The van der Waals surface area contributed by atoms with Crippen LogP contribution in [0, 0.1) is 0 Å². The molecule has 8 rings (SSSR count). The van der Waals surface area contributed by atoms with Crippen molar-refractivity contribution in [2.75, 3.05) is 4.90 Å². The average molecular weight is 643 g/mol. The standard InChI is InChI=1S/C48H38N2/c1-5-16-35(6-2)49(36-17-10-9-11-18-36)38-28-30-43-42-29-25-34(31-45(42)40-19-12-13-20-41(40)46(43)32-38)33-23-26-37(27-24-33)50-47(8-4)39(7-3)44-21-14-15-22-48(44)50/h5-32H,1-2H2,3-4H3/b35-16+,39-7-,47-8+. The van der Waals surface area contributed by atoms with Crippen LogP contribution in [0.2, 0.25) is 0 Å². The Hall–Kier alpha value is -6.38. The van der Waals surface area contributed by atoms with Gasteiger partial charge in [-0.25, -0.2) is 0 Å². The first-order chi connectivity index (χ1) is 24.6. The number of para-hydroxylation sites is 2. The Kier molecular flexibility index (Phi) is 7.98. The zero-order valence-electron chi connectivity index (χ0n) is 28.5. The van der Waals surface area contributed by atoms with E-state index in [-0.39, 0.29) is 0 Å². The maximum atomic E-state index is 4.12. The summed E-state index contributed by atoms with van der Waals surface area (Å²) in [5, 5.41) is 11.2. The summed E-state index contributed by atoms with van der Waals surface area (Å²) in [5.74, 6) is 0. The lowest BCUT2D eigenvalue weighted by Crippen LogP contribution is -2.27. The molecule has 1 aromatic heterocycles. The zero-order chi connectivity index (χ0) is 34.2. The van der Waals surface area contributed by atoms with E-state index in [1.54, 1.807) is 0 Å². The second-order valence-electron chi connectivity index (χ2n) is 12.5. The molecule has 0 fully saturated rings. The molecule has 0 aliphatic rings. The van der Waals surface area contributed by atoms with Crippen molar-refractivity contribution in [3.63, 3.8) is 0 Å². The first-order valence-corrected chi connectivity index (χ1v) is 17.2. The Morgan fingerprint density at radius 2 is 1.14 bits per heavy atom. The van der Waals surface area contributed by atoms with Crippen LogP contribution in [0.15, 0.2) is 177 Å². The Morgan fingerprint density at radius 3 is 1.80 bits per heavy atom. The minimum Gasteiger partial charge on any atom is -0.311 e. The molecule has 0 N–H and O–H groups in total. The van der Waals surface area contributed by atoms with E-state index < -0.39 is 0 Å². The van der Waals surface area contributed by atoms with E-state index in [0.717, 1.165) is 22.8 Å². The highest BCUT2D eigenvalue weighted by Crippen LogP contribution is 2.40. The second-order valence-corrected chi connectivity index (χ2v) is 12.5. The molecule has 0 spiro atoms. The van der Waals surface area contributed by atoms with E-state index in [2.05, 4.69) is 182 Å². The van der Waals surface area contributed by atoms with Gasteiger partial charge in [-0.05, 0) is 118 Å². The summed E-state index contributed by atoms with van der Waals surface area (Å²) in [7, 11) is 0. The summed E-state index contributed by atoms with van der Waals surface area (Å²) in [6, 6.07) is 50.6. The number of aromatic nitrogens is 1. The van der Waals surface area contributed by atoms with Crippen LogP contribution >= 0.6 is 0 Å². The van der Waals surface area contributed by atoms with Crippen LogP contribution in [-0.4, -0.2) is 4.57 Å². The van der Waals surface area contributed by atoms with Gasteiger partial charge in [0.15, 0.2) is 0 Å². The van der Waals surface area contributed by atoms with Crippen LogP contribution in [0.3, 0.4) is 0 Å². The summed E-state index contributed by atoms with van der Waals surface area (Å²) in [6.07, 6.45) is 10.1. The molecule has 0 aliphatic heterocycles. The van der Waals surface area contributed by atoms with Gasteiger partial charge in [-0.3, -0.25) is 0 Å². The molecule has 0 bridgehead atoms.